The normalized spacial score (nSPS) is 50.7. The summed E-state index contributed by atoms with van der Waals surface area (Å²) in [6.45, 7) is 0.984. The second-order valence-corrected chi connectivity index (χ2v) is 4.26. The fourth-order valence-corrected chi connectivity index (χ4v) is 2.97. The van der Waals surface area contributed by atoms with Crippen molar-refractivity contribution >= 4 is 6.21 Å². The van der Waals surface area contributed by atoms with Gasteiger partial charge in [0.05, 0.1) is 12.1 Å². The first-order valence-electron chi connectivity index (χ1n) is 5.10. The Morgan fingerprint density at radius 1 is 1.33 bits per heavy atom. The van der Waals surface area contributed by atoms with Gasteiger partial charge in [-0.05, 0) is 19.3 Å². The highest BCUT2D eigenvalue weighted by molar-refractivity contribution is 5.66. The Morgan fingerprint density at radius 2 is 2.33 bits per heavy atom. The largest absolute Gasteiger partial charge is 0.377 e. The predicted molar refractivity (Wildman–Crippen MR) is 47.5 cm³/mol. The summed E-state index contributed by atoms with van der Waals surface area (Å²) in [4.78, 5) is 4.52. The summed E-state index contributed by atoms with van der Waals surface area (Å²) in [5.74, 6) is 1.43. The molecule has 4 unspecified atom stereocenters. The molecular formula is C10H15NO. The third kappa shape index (κ3) is 0.875. The molecule has 0 aromatic heterocycles. The van der Waals surface area contributed by atoms with Crippen LogP contribution in [0.25, 0.3) is 0 Å². The first-order chi connectivity index (χ1) is 5.95. The Bertz CT molecular complexity index is 194. The van der Waals surface area contributed by atoms with E-state index in [-0.39, 0.29) is 0 Å². The van der Waals surface area contributed by atoms with Crippen LogP contribution in [0, 0.1) is 11.8 Å². The number of hydrogen-bond donors (Lipinski definition) is 0. The van der Waals surface area contributed by atoms with Crippen LogP contribution in [0.3, 0.4) is 0 Å². The molecule has 0 aromatic rings. The van der Waals surface area contributed by atoms with Crippen LogP contribution in [0.5, 0.6) is 0 Å². The summed E-state index contributed by atoms with van der Waals surface area (Å²) in [6, 6.07) is 0.623. The van der Waals surface area contributed by atoms with Gasteiger partial charge in [0.1, 0.15) is 0 Å². The van der Waals surface area contributed by atoms with Crippen molar-refractivity contribution in [2.24, 2.45) is 16.8 Å². The molecule has 1 saturated heterocycles. The number of aliphatic imine (C=N–C) groups is 1. The van der Waals surface area contributed by atoms with Gasteiger partial charge in [-0.3, -0.25) is 4.99 Å². The molecule has 1 saturated carbocycles. The van der Waals surface area contributed by atoms with E-state index < -0.39 is 0 Å². The Hall–Kier alpha value is -0.370. The quantitative estimate of drug-likeness (QED) is 0.534. The molecule has 4 atom stereocenters. The third-order valence-electron chi connectivity index (χ3n) is 3.56. The summed E-state index contributed by atoms with van der Waals surface area (Å²) in [5.41, 5.74) is 0. The fraction of sp³-hybridized carbons (Fsp3) is 0.900. The number of ether oxygens (including phenoxy) is 1. The van der Waals surface area contributed by atoms with Gasteiger partial charge in [0, 0.05) is 24.7 Å². The van der Waals surface area contributed by atoms with Crippen LogP contribution in [0.4, 0.5) is 0 Å². The molecule has 1 aliphatic carbocycles. The minimum Gasteiger partial charge on any atom is -0.377 e. The maximum absolute atomic E-state index is 5.87. The Balaban J connectivity index is 1.86. The molecule has 2 heteroatoms. The average molecular weight is 165 g/mol. The lowest BCUT2D eigenvalue weighted by Gasteiger charge is -2.24. The maximum atomic E-state index is 5.87. The zero-order valence-corrected chi connectivity index (χ0v) is 7.28. The van der Waals surface area contributed by atoms with Crippen molar-refractivity contribution in [1.82, 2.24) is 0 Å². The zero-order valence-electron chi connectivity index (χ0n) is 7.28. The van der Waals surface area contributed by atoms with Gasteiger partial charge >= 0.3 is 0 Å². The van der Waals surface area contributed by atoms with E-state index in [1.54, 1.807) is 0 Å². The van der Waals surface area contributed by atoms with Gasteiger partial charge in [0.15, 0.2) is 0 Å². The SMILES string of the molecule is C1=NC2CC1C1OCCCCC21. The van der Waals surface area contributed by atoms with E-state index >= 15 is 0 Å². The first-order valence-corrected chi connectivity index (χ1v) is 5.10. The summed E-state index contributed by atoms with van der Waals surface area (Å²) >= 11 is 0. The standard InChI is InChI=1S/C10H15NO/c1-2-4-12-10-7-5-9(11-6-7)8(10)3-1/h6-10H,1-5H2. The molecular weight excluding hydrogens is 150 g/mol. The minimum atomic E-state index is 0.537. The molecule has 0 N–H and O–H groups in total. The lowest BCUT2D eigenvalue weighted by Crippen LogP contribution is -2.30. The van der Waals surface area contributed by atoms with E-state index in [1.807, 2.05) is 0 Å². The van der Waals surface area contributed by atoms with E-state index in [4.69, 9.17) is 4.74 Å². The van der Waals surface area contributed by atoms with Gasteiger partial charge in [-0.2, -0.15) is 0 Å². The highest BCUT2D eigenvalue weighted by Gasteiger charge is 2.46. The molecule has 0 amide bonds. The first kappa shape index (κ1) is 7.07. The summed E-state index contributed by atoms with van der Waals surface area (Å²) in [6.07, 6.45) is 7.90. The van der Waals surface area contributed by atoms with Crippen molar-refractivity contribution in [2.45, 2.75) is 37.8 Å². The topological polar surface area (TPSA) is 21.6 Å². The molecule has 12 heavy (non-hydrogen) atoms. The minimum absolute atomic E-state index is 0.537. The van der Waals surface area contributed by atoms with Gasteiger partial charge in [-0.15, -0.1) is 0 Å². The van der Waals surface area contributed by atoms with Crippen molar-refractivity contribution < 1.29 is 4.74 Å². The molecule has 3 rings (SSSR count). The summed E-state index contributed by atoms with van der Waals surface area (Å²) < 4.78 is 5.87. The highest BCUT2D eigenvalue weighted by atomic mass is 16.5. The van der Waals surface area contributed by atoms with Crippen LogP contribution in [0.1, 0.15) is 25.7 Å². The summed E-state index contributed by atoms with van der Waals surface area (Å²) in [7, 11) is 0. The van der Waals surface area contributed by atoms with Crippen molar-refractivity contribution in [2.75, 3.05) is 6.61 Å². The van der Waals surface area contributed by atoms with Gasteiger partial charge in [0.2, 0.25) is 0 Å². The zero-order chi connectivity index (χ0) is 7.97. The van der Waals surface area contributed by atoms with Gasteiger partial charge in [-0.1, -0.05) is 6.42 Å². The van der Waals surface area contributed by atoms with Crippen molar-refractivity contribution in [1.29, 1.82) is 0 Å². The van der Waals surface area contributed by atoms with Crippen molar-refractivity contribution in [3.05, 3.63) is 0 Å². The van der Waals surface area contributed by atoms with E-state index in [0.29, 0.717) is 18.1 Å². The van der Waals surface area contributed by atoms with Gasteiger partial charge in [-0.25, -0.2) is 0 Å². The van der Waals surface area contributed by atoms with Crippen LogP contribution in [0.2, 0.25) is 0 Å². The predicted octanol–water partition coefficient (Wildman–Crippen LogP) is 1.64. The molecule has 66 valence electrons. The molecule has 0 spiro atoms. The highest BCUT2D eigenvalue weighted by Crippen LogP contribution is 2.43. The molecule has 2 nitrogen and oxygen atoms in total. The van der Waals surface area contributed by atoms with E-state index in [2.05, 4.69) is 11.2 Å². The van der Waals surface area contributed by atoms with E-state index in [0.717, 1.165) is 12.5 Å². The van der Waals surface area contributed by atoms with Crippen LogP contribution < -0.4 is 0 Å². The van der Waals surface area contributed by atoms with Crippen molar-refractivity contribution in [3.8, 4) is 0 Å². The number of rotatable bonds is 0. The molecule has 0 aromatic carbocycles. The smallest absolute Gasteiger partial charge is 0.0701 e. The Kier molecular flexibility index (Phi) is 1.51. The average Bonchev–Trinajstić information content (AvgIpc) is 2.58. The number of nitrogens with zero attached hydrogens (tertiary/aromatic N) is 1. The molecule has 2 heterocycles. The molecule has 2 aliphatic heterocycles. The monoisotopic (exact) mass is 165 g/mol. The van der Waals surface area contributed by atoms with Crippen LogP contribution in [0.15, 0.2) is 4.99 Å². The Labute approximate surface area is 73.0 Å². The third-order valence-corrected chi connectivity index (χ3v) is 3.56. The van der Waals surface area contributed by atoms with Crippen molar-refractivity contribution in [3.63, 3.8) is 0 Å². The molecule has 3 aliphatic rings. The maximum Gasteiger partial charge on any atom is 0.0701 e. The lowest BCUT2D eigenvalue weighted by molar-refractivity contribution is 0.0236. The van der Waals surface area contributed by atoms with E-state index in [1.165, 1.54) is 25.7 Å². The lowest BCUT2D eigenvalue weighted by atomic mass is 9.93. The van der Waals surface area contributed by atoms with Gasteiger partial charge < -0.3 is 4.74 Å². The van der Waals surface area contributed by atoms with Gasteiger partial charge in [0.25, 0.3) is 0 Å². The van der Waals surface area contributed by atoms with Crippen LogP contribution in [-0.4, -0.2) is 25.0 Å². The summed E-state index contributed by atoms with van der Waals surface area (Å²) in [5, 5.41) is 0. The second kappa shape index (κ2) is 2.56. The second-order valence-electron chi connectivity index (χ2n) is 4.26. The molecule has 2 bridgehead atoms. The Morgan fingerprint density at radius 3 is 3.33 bits per heavy atom. The van der Waals surface area contributed by atoms with E-state index in [9.17, 15) is 0 Å². The fourth-order valence-electron chi connectivity index (χ4n) is 2.97. The molecule has 0 radical (unpaired) electrons. The number of fused-ring (bicyclic) bond motifs is 5. The van der Waals surface area contributed by atoms with Crippen LogP contribution >= 0.6 is 0 Å². The van der Waals surface area contributed by atoms with Crippen LogP contribution in [-0.2, 0) is 4.74 Å². The number of hydrogen-bond acceptors (Lipinski definition) is 2. The molecule has 2 fully saturated rings.